The van der Waals surface area contributed by atoms with Crippen LogP contribution in [0.2, 0.25) is 0 Å². The number of hydrogen-bond acceptors (Lipinski definition) is 9. The Balaban J connectivity index is 0. The van der Waals surface area contributed by atoms with Crippen LogP contribution >= 0.6 is 0 Å². The van der Waals surface area contributed by atoms with E-state index in [9.17, 15) is 9.59 Å². The molecule has 0 aromatic rings. The average molecular weight is 353 g/mol. The van der Waals surface area contributed by atoms with E-state index in [1.54, 1.807) is 11.9 Å². The predicted octanol–water partition coefficient (Wildman–Crippen LogP) is -5.37. The number of hydrogen-bond donors (Lipinski definition) is 9. The molecule has 0 unspecified atom stereocenters. The Hall–Kier alpha value is -2.32. The van der Waals surface area contributed by atoms with Crippen LogP contribution in [0.25, 0.3) is 0 Å². The number of likely N-dealkylation sites (N-methyl/N-ethyl adjacent to an activating group) is 1. The summed E-state index contributed by atoms with van der Waals surface area (Å²) in [5.74, 6) is 0.0903. The fourth-order valence-electron chi connectivity index (χ4n) is 1.18. The molecule has 0 radical (unpaired) electrons. The summed E-state index contributed by atoms with van der Waals surface area (Å²) >= 11 is 0. The first-order valence-corrected chi connectivity index (χ1v) is 6.40. The number of aldehydes is 1. The molecule has 4 atom stereocenters. The molecule has 0 spiro atoms. The van der Waals surface area contributed by atoms with E-state index < -0.39 is 37.1 Å². The molecule has 0 aromatic heterocycles. The van der Waals surface area contributed by atoms with Gasteiger partial charge >= 0.3 is 6.03 Å². The van der Waals surface area contributed by atoms with Crippen molar-refractivity contribution >= 4 is 24.2 Å². The molecule has 13 heteroatoms. The van der Waals surface area contributed by atoms with Crippen LogP contribution < -0.4 is 16.8 Å². The SMILES string of the molecule is CN1CC(=O)NC1=N.NC(N)=O.O=C[C@H](O)[C@@H](O)[C@H](O)[C@H](O)CO. The van der Waals surface area contributed by atoms with Gasteiger partial charge in [-0.2, -0.15) is 0 Å². The summed E-state index contributed by atoms with van der Waals surface area (Å²) in [5, 5.41) is 52.9. The summed E-state index contributed by atoms with van der Waals surface area (Å²) in [6, 6.07) is -0.833. The summed E-state index contributed by atoms with van der Waals surface area (Å²) in [4.78, 5) is 30.8. The van der Waals surface area contributed by atoms with Gasteiger partial charge in [0.25, 0.3) is 0 Å². The van der Waals surface area contributed by atoms with Gasteiger partial charge < -0.3 is 46.7 Å². The van der Waals surface area contributed by atoms with Crippen molar-refractivity contribution in [1.82, 2.24) is 10.2 Å². The first-order chi connectivity index (χ1) is 11.0. The number of aliphatic hydroxyl groups excluding tert-OH is 5. The topological polar surface area (TPSA) is 244 Å². The lowest BCUT2D eigenvalue weighted by atomic mass is 10.0. The van der Waals surface area contributed by atoms with Crippen molar-refractivity contribution in [2.75, 3.05) is 20.2 Å². The quantitative estimate of drug-likeness (QED) is 0.214. The molecule has 24 heavy (non-hydrogen) atoms. The lowest BCUT2D eigenvalue weighted by molar-refractivity contribution is -0.136. The van der Waals surface area contributed by atoms with Crippen molar-refractivity contribution in [2.24, 2.45) is 11.5 Å². The maximum Gasteiger partial charge on any atom is 0.309 e. The van der Waals surface area contributed by atoms with Gasteiger partial charge in [0.15, 0.2) is 12.2 Å². The highest BCUT2D eigenvalue weighted by molar-refractivity contribution is 6.02. The number of nitrogens with two attached hydrogens (primary N) is 2. The van der Waals surface area contributed by atoms with Crippen molar-refractivity contribution in [2.45, 2.75) is 24.4 Å². The van der Waals surface area contributed by atoms with Crippen molar-refractivity contribution in [3.05, 3.63) is 0 Å². The number of nitrogens with zero attached hydrogens (tertiary/aromatic N) is 1. The van der Waals surface area contributed by atoms with Gasteiger partial charge in [-0.25, -0.2) is 4.79 Å². The molecule has 140 valence electrons. The molecule has 1 aliphatic rings. The molecular weight excluding hydrogens is 330 g/mol. The van der Waals surface area contributed by atoms with Gasteiger partial charge in [-0.1, -0.05) is 0 Å². The third kappa shape index (κ3) is 10.4. The summed E-state index contributed by atoms with van der Waals surface area (Å²) in [7, 11) is 1.69. The number of urea groups is 1. The van der Waals surface area contributed by atoms with Crippen LogP contribution in [0.5, 0.6) is 0 Å². The second kappa shape index (κ2) is 12.1. The van der Waals surface area contributed by atoms with Crippen LogP contribution in [0.4, 0.5) is 4.79 Å². The maximum atomic E-state index is 10.4. The highest BCUT2D eigenvalue weighted by atomic mass is 16.4. The normalized spacial score (nSPS) is 18.0. The highest BCUT2D eigenvalue weighted by Crippen LogP contribution is 2.02. The molecule has 1 heterocycles. The summed E-state index contributed by atoms with van der Waals surface area (Å²) in [5.41, 5.74) is 8.50. The number of rotatable bonds is 5. The number of carbonyl (C=O) groups is 3. The summed E-state index contributed by atoms with van der Waals surface area (Å²) < 4.78 is 0. The van der Waals surface area contributed by atoms with E-state index >= 15 is 0 Å². The zero-order valence-corrected chi connectivity index (χ0v) is 12.9. The number of aliphatic hydroxyl groups is 5. The number of amides is 3. The van der Waals surface area contributed by atoms with Gasteiger partial charge in [-0.05, 0) is 0 Å². The number of nitrogens with one attached hydrogen (secondary N) is 2. The monoisotopic (exact) mass is 353 g/mol. The molecule has 3 amide bonds. The van der Waals surface area contributed by atoms with E-state index in [0.717, 1.165) is 0 Å². The largest absolute Gasteiger partial charge is 0.394 e. The zero-order chi connectivity index (χ0) is 19.4. The van der Waals surface area contributed by atoms with E-state index in [4.69, 9.17) is 35.7 Å². The summed E-state index contributed by atoms with van der Waals surface area (Å²) in [6.07, 6.45) is -6.84. The molecule has 1 fully saturated rings. The van der Waals surface area contributed by atoms with Crippen LogP contribution in [0.15, 0.2) is 0 Å². The Morgan fingerprint density at radius 2 is 1.79 bits per heavy atom. The minimum Gasteiger partial charge on any atom is -0.394 e. The third-order valence-corrected chi connectivity index (χ3v) is 2.44. The Bertz CT molecular complexity index is 431. The van der Waals surface area contributed by atoms with Gasteiger partial charge in [0.05, 0.1) is 13.2 Å². The molecule has 0 aromatic carbocycles. The van der Waals surface area contributed by atoms with Gasteiger partial charge in [-0.3, -0.25) is 15.5 Å². The molecular formula is C11H23N5O8. The number of primary amides is 2. The minimum atomic E-state index is -1.79. The molecule has 0 bridgehead atoms. The van der Waals surface area contributed by atoms with Gasteiger partial charge in [0.2, 0.25) is 5.91 Å². The molecule has 13 nitrogen and oxygen atoms in total. The zero-order valence-electron chi connectivity index (χ0n) is 12.9. The standard InChI is InChI=1S/C6H12O6.C4H7N3O.CH4N2O/c7-1-3(9)5(11)6(12)4(10)2-8;1-7-2-3(8)6-4(7)5;2-1(3)4/h1,3-6,8-12H,2H2;2H2,1H3,(H2,5,6,8);(H4,2,3,4)/t3-,4+,5+,6+;;/m0../s1. The van der Waals surface area contributed by atoms with Crippen molar-refractivity contribution in [1.29, 1.82) is 5.41 Å². The second-order valence-corrected chi connectivity index (χ2v) is 4.51. The Kier molecular flexibility index (Phi) is 12.1. The van der Waals surface area contributed by atoms with Crippen molar-refractivity contribution < 1.29 is 39.9 Å². The molecule has 1 aliphatic heterocycles. The lowest BCUT2D eigenvalue weighted by Gasteiger charge is -2.22. The first-order valence-electron chi connectivity index (χ1n) is 6.40. The van der Waals surface area contributed by atoms with Crippen LogP contribution in [-0.2, 0) is 9.59 Å². The second-order valence-electron chi connectivity index (χ2n) is 4.51. The Morgan fingerprint density at radius 1 is 1.33 bits per heavy atom. The molecule has 11 N–H and O–H groups in total. The Morgan fingerprint density at radius 3 is 2.00 bits per heavy atom. The molecule has 0 aliphatic carbocycles. The van der Waals surface area contributed by atoms with E-state index in [2.05, 4.69) is 16.8 Å². The fraction of sp³-hybridized carbons (Fsp3) is 0.636. The molecule has 1 rings (SSSR count). The highest BCUT2D eigenvalue weighted by Gasteiger charge is 2.29. The average Bonchev–Trinajstić information content (AvgIpc) is 2.80. The van der Waals surface area contributed by atoms with Gasteiger partial charge in [0.1, 0.15) is 24.4 Å². The smallest absolute Gasteiger partial charge is 0.309 e. The van der Waals surface area contributed by atoms with Crippen LogP contribution in [0, 0.1) is 5.41 Å². The van der Waals surface area contributed by atoms with Crippen LogP contribution in [0.3, 0.4) is 0 Å². The van der Waals surface area contributed by atoms with E-state index in [1.807, 2.05) is 0 Å². The van der Waals surface area contributed by atoms with Crippen LogP contribution in [0.1, 0.15) is 0 Å². The molecule has 0 saturated carbocycles. The first kappa shape index (κ1) is 23.9. The van der Waals surface area contributed by atoms with Crippen molar-refractivity contribution in [3.63, 3.8) is 0 Å². The van der Waals surface area contributed by atoms with E-state index in [-0.39, 0.29) is 18.2 Å². The van der Waals surface area contributed by atoms with Gasteiger partial charge in [-0.15, -0.1) is 0 Å². The predicted molar refractivity (Wildman–Crippen MR) is 79.4 cm³/mol. The van der Waals surface area contributed by atoms with Crippen LogP contribution in [-0.4, -0.2) is 99.2 Å². The number of guanidine groups is 1. The molecule has 1 saturated heterocycles. The van der Waals surface area contributed by atoms with E-state index in [1.165, 1.54) is 0 Å². The van der Waals surface area contributed by atoms with E-state index in [0.29, 0.717) is 6.54 Å². The number of carbonyl (C=O) groups excluding carboxylic acids is 3. The Labute approximate surface area is 137 Å². The lowest BCUT2D eigenvalue weighted by Crippen LogP contribution is -2.46. The fourth-order valence-corrected chi connectivity index (χ4v) is 1.18. The van der Waals surface area contributed by atoms with Gasteiger partial charge in [0, 0.05) is 7.05 Å². The van der Waals surface area contributed by atoms with Crippen molar-refractivity contribution in [3.8, 4) is 0 Å². The maximum absolute atomic E-state index is 10.4. The summed E-state index contributed by atoms with van der Waals surface area (Å²) in [6.45, 7) is -0.442. The minimum absolute atomic E-state index is 0.0258. The third-order valence-electron chi connectivity index (χ3n) is 2.44.